The van der Waals surface area contributed by atoms with Crippen LogP contribution in [0.25, 0.3) is 0 Å². The van der Waals surface area contributed by atoms with E-state index in [0.29, 0.717) is 0 Å². The van der Waals surface area contributed by atoms with Crippen LogP contribution in [0.1, 0.15) is 22.3 Å². The van der Waals surface area contributed by atoms with Gasteiger partial charge in [-0.15, -0.1) is 0 Å². The van der Waals surface area contributed by atoms with Gasteiger partial charge < -0.3 is 0 Å². The normalized spacial score (nSPS) is 10.5. The Balaban J connectivity index is 1.65. The van der Waals surface area contributed by atoms with Crippen LogP contribution in [-0.4, -0.2) is 0 Å². The second-order valence-electron chi connectivity index (χ2n) is 5.65. The third-order valence-electron chi connectivity index (χ3n) is 4.07. The summed E-state index contributed by atoms with van der Waals surface area (Å²) in [5.74, 6) is 0. The van der Waals surface area contributed by atoms with Gasteiger partial charge in [0.25, 0.3) is 0 Å². The monoisotopic (exact) mass is 285 g/mol. The molecular formula is C22H21. The molecule has 0 bridgehead atoms. The van der Waals surface area contributed by atoms with E-state index in [1.165, 1.54) is 22.3 Å². The number of hydrogen-bond donors (Lipinski definition) is 0. The molecule has 0 saturated heterocycles. The molecular weight excluding hydrogens is 264 g/mol. The van der Waals surface area contributed by atoms with Crippen LogP contribution in [0.3, 0.4) is 0 Å². The lowest BCUT2D eigenvalue weighted by Gasteiger charge is -2.09. The third kappa shape index (κ3) is 4.08. The van der Waals surface area contributed by atoms with Crippen molar-refractivity contribution in [1.29, 1.82) is 0 Å². The van der Waals surface area contributed by atoms with Gasteiger partial charge in [-0.2, -0.15) is 0 Å². The molecule has 3 aromatic carbocycles. The highest BCUT2D eigenvalue weighted by molar-refractivity contribution is 5.29. The molecule has 0 amide bonds. The SMILES string of the molecule is [c]1cccc(CCc2ccccc2)c1CCc1ccccc1. The Hall–Kier alpha value is -2.34. The van der Waals surface area contributed by atoms with Gasteiger partial charge in [-0.25, -0.2) is 0 Å². The second-order valence-corrected chi connectivity index (χ2v) is 5.65. The minimum atomic E-state index is 1.06. The maximum Gasteiger partial charge on any atom is -0.0146 e. The van der Waals surface area contributed by atoms with Crippen LogP contribution in [-0.2, 0) is 25.7 Å². The summed E-state index contributed by atoms with van der Waals surface area (Å²) >= 11 is 0. The summed E-state index contributed by atoms with van der Waals surface area (Å²) in [7, 11) is 0. The molecule has 0 unspecified atom stereocenters. The van der Waals surface area contributed by atoms with Gasteiger partial charge in [0.15, 0.2) is 0 Å². The average Bonchev–Trinajstić information content (AvgIpc) is 2.61. The highest BCUT2D eigenvalue weighted by Gasteiger charge is 2.03. The zero-order valence-corrected chi connectivity index (χ0v) is 12.8. The average molecular weight is 285 g/mol. The Kier molecular flexibility index (Phi) is 5.04. The molecule has 0 heterocycles. The van der Waals surface area contributed by atoms with Crippen molar-refractivity contribution in [3.05, 3.63) is 107 Å². The maximum atomic E-state index is 3.44. The summed E-state index contributed by atoms with van der Waals surface area (Å²) in [5, 5.41) is 0. The van der Waals surface area contributed by atoms with Gasteiger partial charge in [0.1, 0.15) is 0 Å². The molecule has 0 saturated carbocycles. The Morgan fingerprint density at radius 3 is 1.77 bits per heavy atom. The van der Waals surface area contributed by atoms with Crippen molar-refractivity contribution in [2.75, 3.05) is 0 Å². The smallest absolute Gasteiger partial charge is 0.0146 e. The van der Waals surface area contributed by atoms with Crippen LogP contribution < -0.4 is 0 Å². The van der Waals surface area contributed by atoms with Gasteiger partial charge in [-0.1, -0.05) is 78.9 Å². The van der Waals surface area contributed by atoms with Crippen LogP contribution in [0, 0.1) is 6.07 Å². The topological polar surface area (TPSA) is 0 Å². The van der Waals surface area contributed by atoms with Gasteiger partial charge in [0.05, 0.1) is 0 Å². The molecule has 0 N–H and O–H groups in total. The molecule has 0 nitrogen and oxygen atoms in total. The first-order chi connectivity index (χ1) is 10.9. The maximum absolute atomic E-state index is 3.44. The van der Waals surface area contributed by atoms with E-state index in [0.717, 1.165) is 25.7 Å². The second kappa shape index (κ2) is 7.61. The molecule has 0 atom stereocenters. The van der Waals surface area contributed by atoms with E-state index >= 15 is 0 Å². The van der Waals surface area contributed by atoms with E-state index in [1.807, 2.05) is 6.07 Å². The van der Waals surface area contributed by atoms with Gasteiger partial charge in [0.2, 0.25) is 0 Å². The molecule has 109 valence electrons. The zero-order chi connectivity index (χ0) is 15.0. The fourth-order valence-corrected chi connectivity index (χ4v) is 2.81. The molecule has 1 radical (unpaired) electrons. The fraction of sp³-hybridized carbons (Fsp3) is 0.182. The summed E-state index contributed by atoms with van der Waals surface area (Å²) in [6, 6.07) is 31.2. The largest absolute Gasteiger partial charge is 0.0622 e. The molecule has 0 aromatic heterocycles. The van der Waals surface area contributed by atoms with Crippen LogP contribution in [0.2, 0.25) is 0 Å². The molecule has 3 rings (SSSR count). The van der Waals surface area contributed by atoms with E-state index in [-0.39, 0.29) is 0 Å². The summed E-state index contributed by atoms with van der Waals surface area (Å²) in [5.41, 5.74) is 5.60. The molecule has 0 aliphatic heterocycles. The van der Waals surface area contributed by atoms with Crippen molar-refractivity contribution in [2.45, 2.75) is 25.7 Å². The Labute approximate surface area is 133 Å². The lowest BCUT2D eigenvalue weighted by atomic mass is 9.96. The first-order valence-corrected chi connectivity index (χ1v) is 7.98. The molecule has 0 aliphatic rings. The van der Waals surface area contributed by atoms with Crippen LogP contribution >= 0.6 is 0 Å². The summed E-state index contributed by atoms with van der Waals surface area (Å²) in [6.07, 6.45) is 4.33. The summed E-state index contributed by atoms with van der Waals surface area (Å²) in [4.78, 5) is 0. The Morgan fingerprint density at radius 1 is 0.545 bits per heavy atom. The molecule has 0 aliphatic carbocycles. The van der Waals surface area contributed by atoms with E-state index in [4.69, 9.17) is 0 Å². The predicted molar refractivity (Wildman–Crippen MR) is 93.0 cm³/mol. The van der Waals surface area contributed by atoms with E-state index in [9.17, 15) is 0 Å². The van der Waals surface area contributed by atoms with Crippen LogP contribution in [0.4, 0.5) is 0 Å². The van der Waals surface area contributed by atoms with Crippen molar-refractivity contribution in [3.63, 3.8) is 0 Å². The first-order valence-electron chi connectivity index (χ1n) is 7.98. The molecule has 22 heavy (non-hydrogen) atoms. The predicted octanol–water partition coefficient (Wildman–Crippen LogP) is 5.06. The van der Waals surface area contributed by atoms with Crippen molar-refractivity contribution in [3.8, 4) is 0 Å². The summed E-state index contributed by atoms with van der Waals surface area (Å²) in [6.45, 7) is 0. The van der Waals surface area contributed by atoms with Crippen molar-refractivity contribution in [1.82, 2.24) is 0 Å². The van der Waals surface area contributed by atoms with E-state index in [1.54, 1.807) is 0 Å². The van der Waals surface area contributed by atoms with Crippen molar-refractivity contribution >= 4 is 0 Å². The van der Waals surface area contributed by atoms with Gasteiger partial charge in [-0.3, -0.25) is 0 Å². The Bertz CT molecular complexity index is 621. The molecule has 0 heteroatoms. The highest BCUT2D eigenvalue weighted by Crippen LogP contribution is 2.15. The number of rotatable bonds is 6. The van der Waals surface area contributed by atoms with Gasteiger partial charge in [-0.05, 0) is 54.0 Å². The fourth-order valence-electron chi connectivity index (χ4n) is 2.81. The quantitative estimate of drug-likeness (QED) is 0.594. The molecule has 3 aromatic rings. The van der Waals surface area contributed by atoms with E-state index in [2.05, 4.69) is 78.9 Å². The van der Waals surface area contributed by atoms with Gasteiger partial charge >= 0.3 is 0 Å². The molecule has 0 spiro atoms. The number of hydrogen-bond acceptors (Lipinski definition) is 0. The first kappa shape index (κ1) is 14.6. The molecule has 0 fully saturated rings. The third-order valence-corrected chi connectivity index (χ3v) is 4.07. The minimum absolute atomic E-state index is 1.06. The van der Waals surface area contributed by atoms with E-state index < -0.39 is 0 Å². The number of aryl methyl sites for hydroxylation is 4. The minimum Gasteiger partial charge on any atom is -0.0622 e. The standard InChI is InChI=1S/C22H21/c1-3-9-19(10-4-1)15-17-21-13-7-8-14-22(21)18-16-20-11-5-2-6-12-20/h1-13H,15-18H2. The van der Waals surface area contributed by atoms with Crippen molar-refractivity contribution in [2.24, 2.45) is 0 Å². The lowest BCUT2D eigenvalue weighted by Crippen LogP contribution is -1.99. The Morgan fingerprint density at radius 2 is 1.14 bits per heavy atom. The van der Waals surface area contributed by atoms with Crippen molar-refractivity contribution < 1.29 is 0 Å². The highest BCUT2D eigenvalue weighted by atomic mass is 14.1. The summed E-state index contributed by atoms with van der Waals surface area (Å²) < 4.78 is 0. The van der Waals surface area contributed by atoms with Crippen LogP contribution in [0.15, 0.2) is 78.9 Å². The zero-order valence-electron chi connectivity index (χ0n) is 12.8. The number of benzene rings is 3. The lowest BCUT2D eigenvalue weighted by molar-refractivity contribution is 0.892. The van der Waals surface area contributed by atoms with Crippen LogP contribution in [0.5, 0.6) is 0 Å². The van der Waals surface area contributed by atoms with Gasteiger partial charge in [0, 0.05) is 0 Å².